The van der Waals surface area contributed by atoms with Gasteiger partial charge in [0.1, 0.15) is 5.75 Å². The molecule has 0 saturated carbocycles. The van der Waals surface area contributed by atoms with E-state index < -0.39 is 5.97 Å². The number of esters is 1. The number of hydrogen-bond donors (Lipinski definition) is 0. The summed E-state index contributed by atoms with van der Waals surface area (Å²) >= 11 is 3.41. The molecule has 0 aromatic heterocycles. The number of cyclic esters (lactones) is 1. The molecule has 2 aromatic rings. The molecule has 128 valence electrons. The molecule has 0 radical (unpaired) electrons. The van der Waals surface area contributed by atoms with Crippen LogP contribution in [-0.2, 0) is 9.53 Å². The number of aliphatic imine (C=N–C) groups is 1. The minimum atomic E-state index is -0.446. The Labute approximate surface area is 155 Å². The zero-order chi connectivity index (χ0) is 17.6. The molecule has 0 N–H and O–H groups in total. The summed E-state index contributed by atoms with van der Waals surface area (Å²) in [5.74, 6) is 0.664. The Morgan fingerprint density at radius 1 is 1.20 bits per heavy atom. The van der Waals surface area contributed by atoms with Crippen molar-refractivity contribution in [3.63, 3.8) is 0 Å². The van der Waals surface area contributed by atoms with Gasteiger partial charge >= 0.3 is 5.97 Å². The molecule has 0 atom stereocenters. The Bertz CT molecular complexity index is 825. The smallest absolute Gasteiger partial charge is 0.363 e. The quantitative estimate of drug-likeness (QED) is 0.391. The van der Waals surface area contributed by atoms with Crippen LogP contribution < -0.4 is 4.74 Å². The van der Waals surface area contributed by atoms with Crippen molar-refractivity contribution in [2.24, 2.45) is 4.99 Å². The van der Waals surface area contributed by atoms with Gasteiger partial charge in [-0.25, -0.2) is 9.79 Å². The molecular formula is C20H18BrNO3. The standard InChI is InChI=1S/C20H18BrNO3/c1-2-3-11-24-17-9-7-15(8-10-17)19-22-18(20(23)25-19)13-14-5-4-6-16(21)12-14/h4-10,12-13H,2-3,11H2,1H3/b18-13+. The predicted octanol–water partition coefficient (Wildman–Crippen LogP) is 4.97. The zero-order valence-electron chi connectivity index (χ0n) is 13.9. The molecule has 0 saturated heterocycles. The number of halogens is 1. The van der Waals surface area contributed by atoms with Crippen molar-refractivity contribution in [3.8, 4) is 5.75 Å². The number of nitrogens with zero attached hydrogens (tertiary/aromatic N) is 1. The van der Waals surface area contributed by atoms with E-state index >= 15 is 0 Å². The molecule has 5 heteroatoms. The van der Waals surface area contributed by atoms with Crippen LogP contribution in [0.15, 0.2) is 63.7 Å². The van der Waals surface area contributed by atoms with E-state index in [0.29, 0.717) is 12.5 Å². The van der Waals surface area contributed by atoms with Crippen molar-refractivity contribution in [2.45, 2.75) is 19.8 Å². The lowest BCUT2D eigenvalue weighted by atomic mass is 10.2. The molecule has 0 unspecified atom stereocenters. The highest BCUT2D eigenvalue weighted by atomic mass is 79.9. The van der Waals surface area contributed by atoms with Gasteiger partial charge in [0.25, 0.3) is 0 Å². The van der Waals surface area contributed by atoms with E-state index in [1.165, 1.54) is 0 Å². The SMILES string of the molecule is CCCCOc1ccc(C2=N/C(=C/c3cccc(Br)c3)C(=O)O2)cc1. The molecule has 0 fully saturated rings. The summed E-state index contributed by atoms with van der Waals surface area (Å²) in [4.78, 5) is 16.4. The first-order valence-corrected chi connectivity index (χ1v) is 8.96. The van der Waals surface area contributed by atoms with E-state index in [9.17, 15) is 4.79 Å². The van der Waals surface area contributed by atoms with Gasteiger partial charge in [-0.05, 0) is 54.5 Å². The van der Waals surface area contributed by atoms with Gasteiger partial charge in [0, 0.05) is 10.0 Å². The van der Waals surface area contributed by atoms with Crippen LogP contribution in [0.5, 0.6) is 5.75 Å². The maximum absolute atomic E-state index is 12.0. The van der Waals surface area contributed by atoms with Gasteiger partial charge in [0.05, 0.1) is 6.61 Å². The van der Waals surface area contributed by atoms with Gasteiger partial charge in [-0.3, -0.25) is 0 Å². The summed E-state index contributed by atoms with van der Waals surface area (Å²) < 4.78 is 11.9. The normalized spacial score (nSPS) is 15.2. The van der Waals surface area contributed by atoms with Gasteiger partial charge in [-0.2, -0.15) is 0 Å². The molecule has 1 aliphatic rings. The third-order valence-corrected chi connectivity index (χ3v) is 4.13. The van der Waals surface area contributed by atoms with Crippen molar-refractivity contribution < 1.29 is 14.3 Å². The average molecular weight is 400 g/mol. The van der Waals surface area contributed by atoms with Crippen LogP contribution in [0.25, 0.3) is 6.08 Å². The van der Waals surface area contributed by atoms with Gasteiger partial charge in [-0.1, -0.05) is 41.4 Å². The van der Waals surface area contributed by atoms with Crippen LogP contribution in [0.4, 0.5) is 0 Å². The van der Waals surface area contributed by atoms with E-state index in [-0.39, 0.29) is 5.70 Å². The molecular weight excluding hydrogens is 382 g/mol. The Kier molecular flexibility index (Phi) is 5.66. The van der Waals surface area contributed by atoms with E-state index in [1.54, 1.807) is 6.08 Å². The highest BCUT2D eigenvalue weighted by Crippen LogP contribution is 2.22. The molecule has 0 aliphatic carbocycles. The van der Waals surface area contributed by atoms with Gasteiger partial charge in [-0.15, -0.1) is 0 Å². The molecule has 0 amide bonds. The summed E-state index contributed by atoms with van der Waals surface area (Å²) in [6.45, 7) is 2.82. The monoisotopic (exact) mass is 399 g/mol. The molecule has 2 aromatic carbocycles. The number of benzene rings is 2. The van der Waals surface area contributed by atoms with Crippen molar-refractivity contribution in [3.05, 3.63) is 69.8 Å². The Hall–Kier alpha value is -2.40. The lowest BCUT2D eigenvalue weighted by Crippen LogP contribution is -2.05. The first-order chi connectivity index (χ1) is 12.2. The number of ether oxygens (including phenoxy) is 2. The third kappa shape index (κ3) is 4.57. The lowest BCUT2D eigenvalue weighted by molar-refractivity contribution is -0.129. The van der Waals surface area contributed by atoms with Crippen LogP contribution >= 0.6 is 15.9 Å². The lowest BCUT2D eigenvalue weighted by Gasteiger charge is -2.05. The Morgan fingerprint density at radius 2 is 2.00 bits per heavy atom. The summed E-state index contributed by atoms with van der Waals surface area (Å²) in [5.41, 5.74) is 1.91. The predicted molar refractivity (Wildman–Crippen MR) is 102 cm³/mol. The largest absolute Gasteiger partial charge is 0.494 e. The molecule has 0 bridgehead atoms. The Morgan fingerprint density at radius 3 is 2.72 bits per heavy atom. The van der Waals surface area contributed by atoms with Crippen LogP contribution in [0.3, 0.4) is 0 Å². The van der Waals surface area contributed by atoms with Crippen molar-refractivity contribution in [1.29, 1.82) is 0 Å². The number of unbranched alkanes of at least 4 members (excludes halogenated alkanes) is 1. The van der Waals surface area contributed by atoms with Crippen molar-refractivity contribution in [2.75, 3.05) is 6.61 Å². The third-order valence-electron chi connectivity index (χ3n) is 3.64. The fourth-order valence-corrected chi connectivity index (χ4v) is 2.73. The molecule has 4 nitrogen and oxygen atoms in total. The van der Waals surface area contributed by atoms with Crippen LogP contribution in [0.1, 0.15) is 30.9 Å². The summed E-state index contributed by atoms with van der Waals surface area (Å²) in [6, 6.07) is 15.0. The first kappa shape index (κ1) is 17.4. The zero-order valence-corrected chi connectivity index (χ0v) is 15.5. The topological polar surface area (TPSA) is 47.9 Å². The van der Waals surface area contributed by atoms with E-state index in [0.717, 1.165) is 34.2 Å². The second-order valence-electron chi connectivity index (χ2n) is 5.62. The second-order valence-corrected chi connectivity index (χ2v) is 6.53. The van der Waals surface area contributed by atoms with E-state index in [1.807, 2.05) is 48.5 Å². The Balaban J connectivity index is 1.76. The van der Waals surface area contributed by atoms with Crippen LogP contribution in [0.2, 0.25) is 0 Å². The van der Waals surface area contributed by atoms with E-state index in [4.69, 9.17) is 9.47 Å². The molecule has 25 heavy (non-hydrogen) atoms. The first-order valence-electron chi connectivity index (χ1n) is 8.17. The number of carbonyl (C=O) groups excluding carboxylic acids is 1. The fourth-order valence-electron chi connectivity index (χ4n) is 2.31. The minimum absolute atomic E-state index is 0.288. The molecule has 1 heterocycles. The highest BCUT2D eigenvalue weighted by Gasteiger charge is 2.24. The second kappa shape index (κ2) is 8.12. The van der Waals surface area contributed by atoms with E-state index in [2.05, 4.69) is 27.8 Å². The maximum atomic E-state index is 12.0. The van der Waals surface area contributed by atoms with Crippen LogP contribution in [-0.4, -0.2) is 18.5 Å². The van der Waals surface area contributed by atoms with Gasteiger partial charge in [0.15, 0.2) is 5.70 Å². The summed E-state index contributed by atoms with van der Waals surface area (Å²) in [5, 5.41) is 0. The fraction of sp³-hybridized carbons (Fsp3) is 0.200. The van der Waals surface area contributed by atoms with Crippen molar-refractivity contribution >= 4 is 33.9 Å². The number of carbonyl (C=O) groups is 1. The van der Waals surface area contributed by atoms with Gasteiger partial charge in [0.2, 0.25) is 5.90 Å². The minimum Gasteiger partial charge on any atom is -0.494 e. The van der Waals surface area contributed by atoms with Crippen LogP contribution in [0, 0.1) is 0 Å². The molecule has 0 spiro atoms. The highest BCUT2D eigenvalue weighted by molar-refractivity contribution is 9.10. The maximum Gasteiger partial charge on any atom is 0.363 e. The summed E-state index contributed by atoms with van der Waals surface area (Å²) in [6.07, 6.45) is 3.83. The summed E-state index contributed by atoms with van der Waals surface area (Å²) in [7, 11) is 0. The number of rotatable bonds is 6. The van der Waals surface area contributed by atoms with Gasteiger partial charge < -0.3 is 9.47 Å². The molecule has 3 rings (SSSR count). The van der Waals surface area contributed by atoms with Crippen molar-refractivity contribution in [1.82, 2.24) is 0 Å². The average Bonchev–Trinajstić information content (AvgIpc) is 2.96. The number of hydrogen-bond acceptors (Lipinski definition) is 4. The molecule has 1 aliphatic heterocycles.